The van der Waals surface area contributed by atoms with E-state index in [4.69, 9.17) is 0 Å². The van der Waals surface area contributed by atoms with Crippen LogP contribution in [0.25, 0.3) is 16.9 Å². The lowest BCUT2D eigenvalue weighted by molar-refractivity contribution is 0.0966. The van der Waals surface area contributed by atoms with Gasteiger partial charge in [0.25, 0.3) is 5.91 Å². The predicted molar refractivity (Wildman–Crippen MR) is 125 cm³/mol. The van der Waals surface area contributed by atoms with E-state index in [0.717, 1.165) is 54.1 Å². The molecule has 0 spiro atoms. The molecule has 0 saturated carbocycles. The second-order valence-corrected chi connectivity index (χ2v) is 8.38. The molecule has 6 rings (SSSR count). The summed E-state index contributed by atoms with van der Waals surface area (Å²) in [6, 6.07) is 11.6. The molecule has 3 aromatic heterocycles. The standard InChI is InChI=1S/C24H23N7O2/c32-16-7-10-30(11-8-16)15-3-6-21(25-12-15)29-19-5-4-17(18-13-27-24(33)23(18)19)20-14-26-22-2-1-9-28-31(20)22/h1-6,9,12,14,16,32H,7-8,10-11,13H2,(H,25,29)(H,27,33). The summed E-state index contributed by atoms with van der Waals surface area (Å²) in [5.74, 6) is 0.557. The van der Waals surface area contributed by atoms with Crippen molar-refractivity contribution in [2.24, 2.45) is 0 Å². The molecule has 4 aromatic rings. The number of nitrogens with zero attached hydrogens (tertiary/aromatic N) is 5. The van der Waals surface area contributed by atoms with Crippen molar-refractivity contribution in [3.05, 3.63) is 66.1 Å². The molecule has 0 atom stereocenters. The van der Waals surface area contributed by atoms with Crippen LogP contribution < -0.4 is 15.5 Å². The number of imidazole rings is 1. The number of piperidine rings is 1. The lowest BCUT2D eigenvalue weighted by Gasteiger charge is -2.31. The summed E-state index contributed by atoms with van der Waals surface area (Å²) in [7, 11) is 0. The molecule has 0 bridgehead atoms. The number of rotatable bonds is 4. The molecule has 9 heteroatoms. The summed E-state index contributed by atoms with van der Waals surface area (Å²) < 4.78 is 1.78. The molecular formula is C24H23N7O2. The minimum absolute atomic E-state index is 0.111. The zero-order valence-corrected chi connectivity index (χ0v) is 17.9. The first-order valence-corrected chi connectivity index (χ1v) is 11.1. The second kappa shape index (κ2) is 7.86. The molecule has 1 amide bonds. The van der Waals surface area contributed by atoms with Crippen molar-refractivity contribution in [3.63, 3.8) is 0 Å². The van der Waals surface area contributed by atoms with Crippen molar-refractivity contribution in [2.45, 2.75) is 25.5 Å². The summed E-state index contributed by atoms with van der Waals surface area (Å²) in [6.45, 7) is 2.10. The number of amides is 1. The van der Waals surface area contributed by atoms with Gasteiger partial charge in [-0.2, -0.15) is 5.10 Å². The third-order valence-electron chi connectivity index (χ3n) is 6.36. The van der Waals surface area contributed by atoms with Crippen molar-refractivity contribution in [2.75, 3.05) is 23.3 Å². The van der Waals surface area contributed by atoms with E-state index in [1.807, 2.05) is 42.6 Å². The molecule has 1 saturated heterocycles. The van der Waals surface area contributed by atoms with Gasteiger partial charge in [-0.1, -0.05) is 6.07 Å². The monoisotopic (exact) mass is 441 g/mol. The maximum absolute atomic E-state index is 12.7. The Morgan fingerprint density at radius 2 is 1.94 bits per heavy atom. The maximum Gasteiger partial charge on any atom is 0.254 e. The lowest BCUT2D eigenvalue weighted by Crippen LogP contribution is -2.35. The van der Waals surface area contributed by atoms with Crippen LogP contribution in [0.5, 0.6) is 0 Å². The Labute approximate surface area is 190 Å². The van der Waals surface area contributed by atoms with E-state index < -0.39 is 0 Å². The van der Waals surface area contributed by atoms with Gasteiger partial charge >= 0.3 is 0 Å². The Morgan fingerprint density at radius 1 is 1.06 bits per heavy atom. The number of aliphatic hydroxyl groups excluding tert-OH is 1. The van der Waals surface area contributed by atoms with Crippen LogP contribution in [0.4, 0.5) is 17.2 Å². The van der Waals surface area contributed by atoms with E-state index in [1.165, 1.54) is 0 Å². The first-order chi connectivity index (χ1) is 16.2. The molecule has 0 unspecified atom stereocenters. The maximum atomic E-state index is 12.7. The van der Waals surface area contributed by atoms with Gasteiger partial charge in [-0.3, -0.25) is 4.79 Å². The Hall–Kier alpha value is -3.98. The van der Waals surface area contributed by atoms with Gasteiger partial charge < -0.3 is 20.6 Å². The highest BCUT2D eigenvalue weighted by Gasteiger charge is 2.27. The highest BCUT2D eigenvalue weighted by atomic mass is 16.3. The Kier molecular flexibility index (Phi) is 4.69. The number of aliphatic hydroxyl groups is 1. The van der Waals surface area contributed by atoms with Gasteiger partial charge in [0, 0.05) is 31.4 Å². The quantitative estimate of drug-likeness (QED) is 0.447. The minimum atomic E-state index is -0.206. The molecule has 2 aliphatic heterocycles. The number of fused-ring (bicyclic) bond motifs is 2. The average molecular weight is 441 g/mol. The van der Waals surface area contributed by atoms with E-state index in [2.05, 4.69) is 30.6 Å². The number of carbonyl (C=O) groups is 1. The number of nitrogens with one attached hydrogen (secondary N) is 2. The van der Waals surface area contributed by atoms with Crippen LogP contribution in [0.2, 0.25) is 0 Å². The predicted octanol–water partition coefficient (Wildman–Crippen LogP) is 2.74. The van der Waals surface area contributed by atoms with E-state index in [-0.39, 0.29) is 12.0 Å². The fourth-order valence-corrected chi connectivity index (χ4v) is 4.61. The molecular weight excluding hydrogens is 418 g/mol. The van der Waals surface area contributed by atoms with Crippen LogP contribution in [-0.2, 0) is 6.54 Å². The van der Waals surface area contributed by atoms with Gasteiger partial charge in [-0.25, -0.2) is 14.5 Å². The number of hydrogen-bond acceptors (Lipinski definition) is 7. The van der Waals surface area contributed by atoms with Crippen molar-refractivity contribution in [3.8, 4) is 11.3 Å². The number of anilines is 3. The topological polar surface area (TPSA) is 108 Å². The first kappa shape index (κ1) is 19.7. The third-order valence-corrected chi connectivity index (χ3v) is 6.36. The van der Waals surface area contributed by atoms with Crippen molar-refractivity contribution < 1.29 is 9.90 Å². The van der Waals surface area contributed by atoms with Gasteiger partial charge in [-0.05, 0) is 48.7 Å². The second-order valence-electron chi connectivity index (χ2n) is 8.38. The van der Waals surface area contributed by atoms with Crippen molar-refractivity contribution >= 4 is 28.7 Å². The van der Waals surface area contributed by atoms with Gasteiger partial charge in [0.1, 0.15) is 5.82 Å². The van der Waals surface area contributed by atoms with Crippen LogP contribution in [0.3, 0.4) is 0 Å². The molecule has 9 nitrogen and oxygen atoms in total. The van der Waals surface area contributed by atoms with E-state index in [9.17, 15) is 9.90 Å². The summed E-state index contributed by atoms with van der Waals surface area (Å²) in [5.41, 5.74) is 5.82. The fraction of sp³-hybridized carbons (Fsp3) is 0.250. The summed E-state index contributed by atoms with van der Waals surface area (Å²) in [5, 5.41) is 20.4. The molecule has 2 aliphatic rings. The minimum Gasteiger partial charge on any atom is -0.393 e. The lowest BCUT2D eigenvalue weighted by atomic mass is 9.99. The number of benzene rings is 1. The largest absolute Gasteiger partial charge is 0.393 e. The Balaban J connectivity index is 1.31. The summed E-state index contributed by atoms with van der Waals surface area (Å²) in [4.78, 5) is 23.9. The molecule has 3 N–H and O–H groups in total. The molecule has 0 aliphatic carbocycles. The smallest absolute Gasteiger partial charge is 0.254 e. The fourth-order valence-electron chi connectivity index (χ4n) is 4.61. The van der Waals surface area contributed by atoms with Gasteiger partial charge in [0.2, 0.25) is 0 Å². The van der Waals surface area contributed by atoms with Gasteiger partial charge in [0.05, 0.1) is 41.1 Å². The van der Waals surface area contributed by atoms with Crippen LogP contribution in [0.15, 0.2) is 55.0 Å². The summed E-state index contributed by atoms with van der Waals surface area (Å²) in [6.07, 6.45) is 6.68. The normalized spacial score (nSPS) is 16.2. The Morgan fingerprint density at radius 3 is 2.76 bits per heavy atom. The number of pyridine rings is 1. The van der Waals surface area contributed by atoms with Crippen LogP contribution >= 0.6 is 0 Å². The number of aromatic nitrogens is 4. The van der Waals surface area contributed by atoms with Crippen molar-refractivity contribution in [1.82, 2.24) is 24.9 Å². The van der Waals surface area contributed by atoms with Gasteiger partial charge in [0.15, 0.2) is 5.65 Å². The van der Waals surface area contributed by atoms with Gasteiger partial charge in [-0.15, -0.1) is 0 Å². The number of carbonyl (C=O) groups excluding carboxylic acids is 1. The zero-order chi connectivity index (χ0) is 22.4. The highest BCUT2D eigenvalue weighted by Crippen LogP contribution is 2.35. The van der Waals surface area contributed by atoms with Crippen LogP contribution in [0, 0.1) is 0 Å². The number of hydrogen-bond donors (Lipinski definition) is 3. The Bertz CT molecular complexity index is 1340. The van der Waals surface area contributed by atoms with E-state index in [0.29, 0.717) is 23.6 Å². The molecule has 1 aromatic carbocycles. The highest BCUT2D eigenvalue weighted by molar-refractivity contribution is 6.06. The average Bonchev–Trinajstić information content (AvgIpc) is 3.45. The van der Waals surface area contributed by atoms with E-state index in [1.54, 1.807) is 16.9 Å². The van der Waals surface area contributed by atoms with Crippen LogP contribution in [-0.4, -0.2) is 49.8 Å². The first-order valence-electron chi connectivity index (χ1n) is 11.1. The molecule has 0 radical (unpaired) electrons. The van der Waals surface area contributed by atoms with E-state index >= 15 is 0 Å². The van der Waals surface area contributed by atoms with Crippen molar-refractivity contribution in [1.29, 1.82) is 0 Å². The third kappa shape index (κ3) is 3.46. The SMILES string of the molecule is O=C1NCc2c(-c3cnc4cccnn34)ccc(Nc3ccc(N4CCC(O)CC4)cn3)c21. The van der Waals surface area contributed by atoms with Crippen LogP contribution in [0.1, 0.15) is 28.8 Å². The molecule has 166 valence electrons. The zero-order valence-electron chi connectivity index (χ0n) is 17.9. The molecule has 5 heterocycles. The molecule has 1 fully saturated rings. The summed E-state index contributed by atoms with van der Waals surface area (Å²) >= 11 is 0. The molecule has 33 heavy (non-hydrogen) atoms.